The second kappa shape index (κ2) is 8.01. The summed E-state index contributed by atoms with van der Waals surface area (Å²) in [6.45, 7) is 3.26. The second-order valence-corrected chi connectivity index (χ2v) is 7.64. The lowest BCUT2D eigenvalue weighted by molar-refractivity contribution is 0.0887. The first kappa shape index (κ1) is 17.3. The van der Waals surface area contributed by atoms with Crippen LogP contribution in [0, 0.1) is 6.92 Å². The van der Waals surface area contributed by atoms with Crippen LogP contribution < -0.4 is 5.49 Å². The monoisotopic (exact) mass is 347 g/mol. The van der Waals surface area contributed by atoms with Gasteiger partial charge in [-0.05, 0) is 37.5 Å². The Morgan fingerprint density at radius 3 is 2.83 bits per heavy atom. The summed E-state index contributed by atoms with van der Waals surface area (Å²) < 4.78 is 1.66. The van der Waals surface area contributed by atoms with Gasteiger partial charge in [0.1, 0.15) is 5.49 Å². The average molecular weight is 347 g/mol. The number of nitrogens with zero attached hydrogens (tertiary/aromatic N) is 3. The van der Waals surface area contributed by atoms with Crippen molar-refractivity contribution >= 4 is 22.9 Å². The third-order valence-electron chi connectivity index (χ3n) is 4.69. The Morgan fingerprint density at radius 2 is 2.12 bits per heavy atom. The second-order valence-electron chi connectivity index (χ2n) is 6.60. The normalized spacial score (nSPS) is 20.0. The molecule has 0 atom stereocenters. The minimum Gasteiger partial charge on any atom is -0.332 e. The number of amides is 1. The first-order valence-corrected chi connectivity index (χ1v) is 9.80. The molecule has 130 valence electrons. The molecule has 1 aromatic rings. The van der Waals surface area contributed by atoms with Gasteiger partial charge in [-0.1, -0.05) is 31.0 Å². The Morgan fingerprint density at radius 1 is 1.33 bits per heavy atom. The lowest BCUT2D eigenvalue weighted by atomic mass is 9.96. The fourth-order valence-corrected chi connectivity index (χ4v) is 4.13. The summed E-state index contributed by atoms with van der Waals surface area (Å²) in [7, 11) is 0. The van der Waals surface area contributed by atoms with Crippen molar-refractivity contribution in [2.45, 2.75) is 51.5 Å². The number of carbonyl (C=O) groups excluding carboxylic acids is 2. The van der Waals surface area contributed by atoms with E-state index >= 15 is 0 Å². The summed E-state index contributed by atoms with van der Waals surface area (Å²) >= 11 is 1.33. The number of hydrogen-bond donors (Lipinski definition) is 0. The summed E-state index contributed by atoms with van der Waals surface area (Å²) in [5, 5.41) is 0.0869. The van der Waals surface area contributed by atoms with E-state index in [2.05, 4.69) is 0 Å². The molecule has 1 aliphatic carbocycles. The molecule has 3 rings (SSSR count). The molecule has 1 aliphatic heterocycles. The van der Waals surface area contributed by atoms with Gasteiger partial charge in [0.05, 0.1) is 6.04 Å². The number of hydrogen-bond acceptors (Lipinski definition) is 4. The quantitative estimate of drug-likeness (QED) is 0.840. The van der Waals surface area contributed by atoms with E-state index < -0.39 is 0 Å². The first-order chi connectivity index (χ1) is 11.6. The zero-order valence-electron chi connectivity index (χ0n) is 14.2. The van der Waals surface area contributed by atoms with Crippen molar-refractivity contribution in [3.8, 4) is 0 Å². The molecule has 0 spiro atoms. The molecule has 2 aliphatic rings. The van der Waals surface area contributed by atoms with Gasteiger partial charge in [0.15, 0.2) is 0 Å². The maximum atomic E-state index is 12.6. The minimum atomic E-state index is 0.00857. The molecule has 5 nitrogen and oxygen atoms in total. The lowest BCUT2D eigenvalue weighted by Crippen LogP contribution is -2.32. The highest BCUT2D eigenvalue weighted by molar-refractivity contribution is 8.13. The van der Waals surface area contributed by atoms with E-state index in [-0.39, 0.29) is 11.1 Å². The van der Waals surface area contributed by atoms with Crippen molar-refractivity contribution in [3.05, 3.63) is 29.4 Å². The summed E-state index contributed by atoms with van der Waals surface area (Å²) in [5.41, 5.74) is 1.87. The molecule has 6 heteroatoms. The molecule has 0 aromatic carbocycles. The van der Waals surface area contributed by atoms with Gasteiger partial charge in [-0.15, -0.1) is 0 Å². The summed E-state index contributed by atoms with van der Waals surface area (Å²) in [6.07, 6.45) is 8.13. The van der Waals surface area contributed by atoms with Gasteiger partial charge >= 0.3 is 0 Å². The molecule has 1 saturated heterocycles. The fraction of sp³-hybridized carbons (Fsp3) is 0.611. The molecule has 2 fully saturated rings. The van der Waals surface area contributed by atoms with Gasteiger partial charge in [-0.3, -0.25) is 19.1 Å². The number of carbonyl (C=O) groups is 2. The molecule has 1 saturated carbocycles. The van der Waals surface area contributed by atoms with Crippen LogP contribution in [0.2, 0.25) is 0 Å². The fourth-order valence-electron chi connectivity index (χ4n) is 3.28. The maximum absolute atomic E-state index is 12.6. The van der Waals surface area contributed by atoms with Gasteiger partial charge in [0, 0.05) is 31.5 Å². The third kappa shape index (κ3) is 4.29. The highest BCUT2D eigenvalue weighted by Gasteiger charge is 2.21. The molecule has 0 N–H and O–H groups in total. The Labute approximate surface area is 147 Å². The smallest absolute Gasteiger partial charge is 0.281 e. The molecular weight excluding hydrogens is 322 g/mol. The van der Waals surface area contributed by atoms with E-state index in [9.17, 15) is 9.59 Å². The van der Waals surface area contributed by atoms with Crippen LogP contribution in [0.5, 0.6) is 0 Å². The van der Waals surface area contributed by atoms with E-state index in [1.165, 1.54) is 31.0 Å². The number of aromatic nitrogens is 1. The van der Waals surface area contributed by atoms with Crippen LogP contribution in [0.3, 0.4) is 0 Å². The molecule has 0 bridgehead atoms. The minimum absolute atomic E-state index is 0.00857. The molecule has 1 amide bonds. The van der Waals surface area contributed by atoms with Gasteiger partial charge in [-0.2, -0.15) is 0 Å². The standard InChI is InChI=1S/C18H25N3O2S/c1-14-7-10-21(16(13-14)19-15-5-3-2-4-6-15)17(22)8-9-20-11-12-24-18(20)23/h7,10,13,15H,2-6,8-9,11-12H2,1H3. The van der Waals surface area contributed by atoms with Crippen LogP contribution in [0.4, 0.5) is 4.79 Å². The predicted octanol–water partition coefficient (Wildman–Crippen LogP) is 3.23. The Balaban J connectivity index is 1.75. The van der Waals surface area contributed by atoms with E-state index in [4.69, 9.17) is 4.99 Å². The van der Waals surface area contributed by atoms with Crippen LogP contribution in [0.25, 0.3) is 0 Å². The van der Waals surface area contributed by atoms with Crippen molar-refractivity contribution in [3.63, 3.8) is 0 Å². The topological polar surface area (TPSA) is 54.7 Å². The van der Waals surface area contributed by atoms with Gasteiger partial charge < -0.3 is 4.90 Å². The molecule has 0 unspecified atom stereocenters. The third-order valence-corrected chi connectivity index (χ3v) is 5.58. The van der Waals surface area contributed by atoms with Gasteiger partial charge in [0.25, 0.3) is 5.24 Å². The number of pyridine rings is 1. The number of thioether (sulfide) groups is 1. The van der Waals surface area contributed by atoms with Crippen molar-refractivity contribution in [2.24, 2.45) is 4.99 Å². The van der Waals surface area contributed by atoms with Gasteiger partial charge in [-0.25, -0.2) is 0 Å². The average Bonchev–Trinajstić information content (AvgIpc) is 2.99. The summed E-state index contributed by atoms with van der Waals surface area (Å²) in [6, 6.07) is 4.26. The maximum Gasteiger partial charge on any atom is 0.281 e. The highest BCUT2D eigenvalue weighted by Crippen LogP contribution is 2.20. The van der Waals surface area contributed by atoms with E-state index in [1.807, 2.05) is 25.3 Å². The Bertz CT molecular complexity index is 677. The molecule has 2 heterocycles. The van der Waals surface area contributed by atoms with Crippen LogP contribution in [0.1, 0.15) is 48.9 Å². The number of aryl methyl sites for hydroxylation is 1. The molecule has 0 radical (unpaired) electrons. The molecule has 24 heavy (non-hydrogen) atoms. The van der Waals surface area contributed by atoms with Crippen LogP contribution in [0.15, 0.2) is 23.3 Å². The Kier molecular flexibility index (Phi) is 5.76. The first-order valence-electron chi connectivity index (χ1n) is 8.81. The van der Waals surface area contributed by atoms with Crippen molar-refractivity contribution < 1.29 is 9.59 Å². The van der Waals surface area contributed by atoms with Crippen LogP contribution in [-0.4, -0.2) is 45.5 Å². The SMILES string of the molecule is Cc1ccn(C(=O)CCN2CCSC2=O)c(=NC2CCCCC2)c1. The molecule has 1 aromatic heterocycles. The van der Waals surface area contributed by atoms with Crippen molar-refractivity contribution in [2.75, 3.05) is 18.8 Å². The predicted molar refractivity (Wildman–Crippen MR) is 96.3 cm³/mol. The lowest BCUT2D eigenvalue weighted by Gasteiger charge is -2.18. The van der Waals surface area contributed by atoms with Crippen LogP contribution in [-0.2, 0) is 0 Å². The van der Waals surface area contributed by atoms with E-state index in [0.29, 0.717) is 19.0 Å². The van der Waals surface area contributed by atoms with E-state index in [1.54, 1.807) is 9.47 Å². The van der Waals surface area contributed by atoms with Gasteiger partial charge in [0.2, 0.25) is 5.91 Å². The zero-order chi connectivity index (χ0) is 16.9. The van der Waals surface area contributed by atoms with Crippen LogP contribution >= 0.6 is 11.8 Å². The van der Waals surface area contributed by atoms with Crippen molar-refractivity contribution in [1.29, 1.82) is 0 Å². The highest BCUT2D eigenvalue weighted by atomic mass is 32.2. The Hall–Kier alpha value is -1.56. The zero-order valence-corrected chi connectivity index (χ0v) is 15.1. The van der Waals surface area contributed by atoms with Crippen molar-refractivity contribution in [1.82, 2.24) is 9.47 Å². The summed E-state index contributed by atoms with van der Waals surface area (Å²) in [5.74, 6) is 0.835. The largest absolute Gasteiger partial charge is 0.332 e. The number of rotatable bonds is 4. The summed E-state index contributed by atoms with van der Waals surface area (Å²) in [4.78, 5) is 30.9. The van der Waals surface area contributed by atoms with E-state index in [0.717, 1.165) is 36.2 Å². The molecular formula is C18H25N3O2S.